The van der Waals surface area contributed by atoms with Crippen LogP contribution in [0.3, 0.4) is 0 Å². The van der Waals surface area contributed by atoms with E-state index in [1.165, 1.54) is 5.56 Å². The largest absolute Gasteiger partial charge is 0.373 e. The minimum absolute atomic E-state index is 0. The van der Waals surface area contributed by atoms with E-state index >= 15 is 0 Å². The summed E-state index contributed by atoms with van der Waals surface area (Å²) in [6, 6.07) is 4.13. The number of nitrogens with one attached hydrogen (secondary N) is 2. The van der Waals surface area contributed by atoms with Gasteiger partial charge >= 0.3 is 0 Å². The summed E-state index contributed by atoms with van der Waals surface area (Å²) < 4.78 is 7.88. The minimum Gasteiger partial charge on any atom is -0.373 e. The number of aryl methyl sites for hydroxylation is 1. The van der Waals surface area contributed by atoms with Crippen LogP contribution in [-0.4, -0.2) is 47.7 Å². The van der Waals surface area contributed by atoms with Gasteiger partial charge in [-0.1, -0.05) is 6.07 Å². The summed E-state index contributed by atoms with van der Waals surface area (Å²) in [4.78, 5) is 8.98. The van der Waals surface area contributed by atoms with Crippen LogP contribution in [0.5, 0.6) is 0 Å². The van der Waals surface area contributed by atoms with Gasteiger partial charge in [-0.15, -0.1) is 24.0 Å². The second kappa shape index (κ2) is 8.84. The Morgan fingerprint density at radius 3 is 2.96 bits per heavy atom. The Morgan fingerprint density at radius 2 is 2.28 bits per heavy atom. The molecule has 7 heteroatoms. The summed E-state index contributed by atoms with van der Waals surface area (Å²) in [7, 11) is 1.79. The average Bonchev–Trinajstić information content (AvgIpc) is 3.18. The maximum absolute atomic E-state index is 5.80. The number of imidazole rings is 1. The molecule has 2 N–H and O–H groups in total. The second-order valence-corrected chi connectivity index (χ2v) is 6.66. The van der Waals surface area contributed by atoms with E-state index in [1.807, 2.05) is 12.3 Å². The molecule has 3 heterocycles. The van der Waals surface area contributed by atoms with E-state index in [0.29, 0.717) is 0 Å². The van der Waals surface area contributed by atoms with Crippen molar-refractivity contribution in [3.8, 4) is 0 Å². The highest BCUT2D eigenvalue weighted by Crippen LogP contribution is 2.23. The summed E-state index contributed by atoms with van der Waals surface area (Å²) in [5, 5.41) is 6.71. The van der Waals surface area contributed by atoms with E-state index < -0.39 is 0 Å². The van der Waals surface area contributed by atoms with Gasteiger partial charge in [0.05, 0.1) is 11.3 Å². The third-order valence-corrected chi connectivity index (χ3v) is 4.56. The first-order valence-corrected chi connectivity index (χ1v) is 8.61. The molecule has 0 amide bonds. The van der Waals surface area contributed by atoms with Crippen molar-refractivity contribution in [1.82, 2.24) is 20.0 Å². The lowest BCUT2D eigenvalue weighted by molar-refractivity contribution is 0.0243. The van der Waals surface area contributed by atoms with E-state index in [2.05, 4.69) is 46.1 Å². The van der Waals surface area contributed by atoms with E-state index in [0.717, 1.165) is 56.3 Å². The van der Waals surface area contributed by atoms with Gasteiger partial charge in [-0.05, 0) is 38.3 Å². The molecule has 0 spiro atoms. The molecule has 0 saturated carbocycles. The van der Waals surface area contributed by atoms with Crippen molar-refractivity contribution in [3.05, 3.63) is 35.8 Å². The average molecular weight is 457 g/mol. The summed E-state index contributed by atoms with van der Waals surface area (Å²) in [6.45, 7) is 6.67. The van der Waals surface area contributed by atoms with Gasteiger partial charge in [0.1, 0.15) is 5.65 Å². The van der Waals surface area contributed by atoms with Gasteiger partial charge in [-0.2, -0.15) is 0 Å². The third-order valence-electron chi connectivity index (χ3n) is 4.56. The fourth-order valence-corrected chi connectivity index (χ4v) is 3.10. The molecule has 0 aromatic carbocycles. The van der Waals surface area contributed by atoms with E-state index in [4.69, 9.17) is 9.72 Å². The lowest BCUT2D eigenvalue weighted by Gasteiger charge is -2.24. The van der Waals surface area contributed by atoms with Crippen LogP contribution in [0.4, 0.5) is 0 Å². The maximum atomic E-state index is 5.80. The number of guanidine groups is 1. The molecule has 6 nitrogen and oxygen atoms in total. The third kappa shape index (κ3) is 5.07. The van der Waals surface area contributed by atoms with Crippen molar-refractivity contribution in [2.24, 2.45) is 4.99 Å². The van der Waals surface area contributed by atoms with E-state index in [-0.39, 0.29) is 29.6 Å². The van der Waals surface area contributed by atoms with Gasteiger partial charge in [-0.25, -0.2) is 4.98 Å². The number of rotatable bonds is 5. The predicted octanol–water partition coefficient (Wildman–Crippen LogP) is 2.54. The van der Waals surface area contributed by atoms with Gasteiger partial charge in [0.15, 0.2) is 5.96 Å². The zero-order valence-electron chi connectivity index (χ0n) is 15.2. The number of halogens is 1. The first-order chi connectivity index (χ1) is 11.6. The second-order valence-electron chi connectivity index (χ2n) is 6.66. The van der Waals surface area contributed by atoms with Crippen LogP contribution in [0.1, 0.15) is 31.0 Å². The molecule has 1 unspecified atom stereocenters. The Hall–Kier alpha value is -1.35. The molecule has 2 aromatic rings. The molecular weight excluding hydrogens is 429 g/mol. The number of hydrogen-bond acceptors (Lipinski definition) is 3. The molecule has 1 aliphatic heterocycles. The fourth-order valence-electron chi connectivity index (χ4n) is 3.10. The molecule has 0 radical (unpaired) electrons. The zero-order chi connectivity index (χ0) is 17.0. The molecule has 3 rings (SSSR count). The standard InChI is InChI=1S/C18H27N5O.HI/c1-14-6-4-10-23-12-15(22-16(14)23)7-9-20-17(19-3)21-13-18(2)8-5-11-24-18;/h4,6,10,12H,5,7-9,11,13H2,1-3H3,(H2,19,20,21);1H. The molecular formula is C18H28IN5O. The summed E-state index contributed by atoms with van der Waals surface area (Å²) in [5.41, 5.74) is 3.23. The summed E-state index contributed by atoms with van der Waals surface area (Å²) >= 11 is 0. The number of hydrogen-bond donors (Lipinski definition) is 2. The van der Waals surface area contributed by atoms with Crippen molar-refractivity contribution in [3.63, 3.8) is 0 Å². The highest BCUT2D eigenvalue weighted by atomic mass is 127. The van der Waals surface area contributed by atoms with Gasteiger partial charge in [-0.3, -0.25) is 4.99 Å². The van der Waals surface area contributed by atoms with Crippen molar-refractivity contribution in [2.45, 2.75) is 38.7 Å². The molecule has 138 valence electrons. The lowest BCUT2D eigenvalue weighted by Crippen LogP contribution is -2.45. The number of fused-ring (bicyclic) bond motifs is 1. The highest BCUT2D eigenvalue weighted by Gasteiger charge is 2.29. The van der Waals surface area contributed by atoms with E-state index in [9.17, 15) is 0 Å². The van der Waals surface area contributed by atoms with Crippen molar-refractivity contribution < 1.29 is 4.74 Å². The molecule has 1 fully saturated rings. The molecule has 1 aliphatic rings. The number of ether oxygens (including phenoxy) is 1. The molecule has 1 saturated heterocycles. The van der Waals surface area contributed by atoms with Crippen LogP contribution >= 0.6 is 24.0 Å². The maximum Gasteiger partial charge on any atom is 0.191 e. The zero-order valence-corrected chi connectivity index (χ0v) is 17.5. The van der Waals surface area contributed by atoms with Crippen molar-refractivity contribution >= 4 is 35.6 Å². The summed E-state index contributed by atoms with van der Waals surface area (Å²) in [6.07, 6.45) is 7.22. The van der Waals surface area contributed by atoms with Crippen LogP contribution in [0, 0.1) is 6.92 Å². The monoisotopic (exact) mass is 457 g/mol. The Balaban J connectivity index is 0.00000225. The topological polar surface area (TPSA) is 63.0 Å². The lowest BCUT2D eigenvalue weighted by atomic mass is 10.0. The Bertz CT molecular complexity index is 721. The first kappa shape index (κ1) is 20.0. The number of aliphatic imine (C=N–C) groups is 1. The SMILES string of the molecule is CN=C(NCCc1cn2cccc(C)c2n1)NCC1(C)CCCO1.I. The van der Waals surface area contributed by atoms with Gasteiger partial charge in [0.2, 0.25) is 0 Å². The fraction of sp³-hybridized carbons (Fsp3) is 0.556. The summed E-state index contributed by atoms with van der Waals surface area (Å²) in [5.74, 6) is 0.812. The smallest absolute Gasteiger partial charge is 0.191 e. The van der Waals surface area contributed by atoms with Crippen LogP contribution in [0.25, 0.3) is 5.65 Å². The van der Waals surface area contributed by atoms with Crippen LogP contribution in [0.2, 0.25) is 0 Å². The highest BCUT2D eigenvalue weighted by molar-refractivity contribution is 14.0. The van der Waals surface area contributed by atoms with E-state index in [1.54, 1.807) is 7.05 Å². The Kier molecular flexibility index (Phi) is 7.06. The van der Waals surface area contributed by atoms with Gasteiger partial charge in [0.25, 0.3) is 0 Å². The van der Waals surface area contributed by atoms with Gasteiger partial charge in [0, 0.05) is 45.6 Å². The van der Waals surface area contributed by atoms with Crippen molar-refractivity contribution in [2.75, 3.05) is 26.7 Å². The quantitative estimate of drug-likeness (QED) is 0.412. The Labute approximate surface area is 166 Å². The van der Waals surface area contributed by atoms with Crippen LogP contribution in [-0.2, 0) is 11.2 Å². The van der Waals surface area contributed by atoms with Crippen LogP contribution in [0.15, 0.2) is 29.5 Å². The number of aromatic nitrogens is 2. The van der Waals surface area contributed by atoms with Crippen LogP contribution < -0.4 is 10.6 Å². The normalized spacial score (nSPS) is 20.5. The number of pyridine rings is 1. The molecule has 0 bridgehead atoms. The minimum atomic E-state index is -0.0727. The van der Waals surface area contributed by atoms with Crippen molar-refractivity contribution in [1.29, 1.82) is 0 Å². The molecule has 2 aromatic heterocycles. The predicted molar refractivity (Wildman–Crippen MR) is 112 cm³/mol. The van der Waals surface area contributed by atoms with Gasteiger partial charge < -0.3 is 19.8 Å². The number of nitrogens with zero attached hydrogens (tertiary/aromatic N) is 3. The molecule has 1 atom stereocenters. The molecule has 0 aliphatic carbocycles. The molecule has 25 heavy (non-hydrogen) atoms. The Morgan fingerprint density at radius 1 is 1.44 bits per heavy atom. The first-order valence-electron chi connectivity index (χ1n) is 8.61.